The Hall–Kier alpha value is -4.25. The molecule has 33 heavy (non-hydrogen) atoms. The zero-order chi connectivity index (χ0) is 24.0. The number of nitrogens with zero attached hydrogens (tertiary/aromatic N) is 2. The van der Waals surface area contributed by atoms with Crippen LogP contribution in [0, 0.1) is 10.1 Å². The van der Waals surface area contributed by atoms with Crippen LogP contribution in [0.25, 0.3) is 0 Å². The maximum absolute atomic E-state index is 12.9. The zero-order valence-corrected chi connectivity index (χ0v) is 18.2. The number of ether oxygens (including phenoxy) is 1. The van der Waals surface area contributed by atoms with Crippen molar-refractivity contribution in [3.05, 3.63) is 94.5 Å². The van der Waals surface area contributed by atoms with Crippen LogP contribution in [0.2, 0.25) is 0 Å². The zero-order valence-electron chi connectivity index (χ0n) is 17.4. The van der Waals surface area contributed by atoms with Gasteiger partial charge in [-0.1, -0.05) is 30.3 Å². The summed E-state index contributed by atoms with van der Waals surface area (Å²) in [4.78, 5) is 34.5. The van der Waals surface area contributed by atoms with E-state index in [1.165, 1.54) is 43.4 Å². The second kappa shape index (κ2) is 9.92. The van der Waals surface area contributed by atoms with Gasteiger partial charge in [0.2, 0.25) is 0 Å². The second-order valence-electron chi connectivity index (χ2n) is 6.77. The van der Waals surface area contributed by atoms with Gasteiger partial charge in [-0.05, 0) is 36.4 Å². The predicted octanol–water partition coefficient (Wildman–Crippen LogP) is 3.22. The quantitative estimate of drug-likeness (QED) is 0.304. The Morgan fingerprint density at radius 1 is 1.00 bits per heavy atom. The number of amides is 1. The molecule has 170 valence electrons. The maximum atomic E-state index is 12.9. The van der Waals surface area contributed by atoms with Gasteiger partial charge in [-0.25, -0.2) is 13.2 Å². The lowest BCUT2D eigenvalue weighted by Gasteiger charge is -2.19. The number of non-ortho nitro benzene ring substituents is 1. The van der Waals surface area contributed by atoms with Gasteiger partial charge in [-0.3, -0.25) is 19.2 Å². The molecule has 0 fully saturated rings. The number of hydrogen-bond acceptors (Lipinski definition) is 7. The van der Waals surface area contributed by atoms with Crippen molar-refractivity contribution < 1.29 is 27.7 Å². The van der Waals surface area contributed by atoms with Crippen molar-refractivity contribution in [1.29, 1.82) is 0 Å². The summed E-state index contributed by atoms with van der Waals surface area (Å²) in [6, 6.07) is 19.0. The number of nitro benzene ring substituents is 1. The Morgan fingerprint density at radius 2 is 1.70 bits per heavy atom. The van der Waals surface area contributed by atoms with Crippen molar-refractivity contribution in [2.75, 3.05) is 23.3 Å². The van der Waals surface area contributed by atoms with Gasteiger partial charge in [0.15, 0.2) is 6.61 Å². The smallest absolute Gasteiger partial charge is 0.338 e. The summed E-state index contributed by atoms with van der Waals surface area (Å²) in [6.45, 7) is -0.664. The fourth-order valence-corrected chi connectivity index (χ4v) is 4.07. The number of esters is 1. The third-order valence-electron chi connectivity index (χ3n) is 4.52. The van der Waals surface area contributed by atoms with Gasteiger partial charge in [0.25, 0.3) is 21.6 Å². The van der Waals surface area contributed by atoms with Crippen LogP contribution < -0.4 is 9.62 Å². The minimum Gasteiger partial charge on any atom is -0.452 e. The van der Waals surface area contributed by atoms with Crippen LogP contribution in [-0.4, -0.2) is 38.9 Å². The van der Waals surface area contributed by atoms with E-state index in [1.54, 1.807) is 30.3 Å². The highest BCUT2D eigenvalue weighted by Crippen LogP contribution is 2.22. The summed E-state index contributed by atoms with van der Waals surface area (Å²) in [6.07, 6.45) is 0. The molecule has 3 aromatic carbocycles. The molecular formula is C22H19N3O7S. The van der Waals surface area contributed by atoms with Gasteiger partial charge in [-0.2, -0.15) is 0 Å². The highest BCUT2D eigenvalue weighted by molar-refractivity contribution is 7.92. The van der Waals surface area contributed by atoms with E-state index in [2.05, 4.69) is 5.32 Å². The molecule has 1 N–H and O–H groups in total. The molecule has 0 saturated heterocycles. The van der Waals surface area contributed by atoms with Crippen LogP contribution in [0.5, 0.6) is 0 Å². The van der Waals surface area contributed by atoms with Crippen LogP contribution in [0.1, 0.15) is 10.4 Å². The van der Waals surface area contributed by atoms with Crippen molar-refractivity contribution >= 4 is 39.0 Å². The summed E-state index contributed by atoms with van der Waals surface area (Å²) in [7, 11) is -2.54. The van der Waals surface area contributed by atoms with E-state index < -0.39 is 33.4 Å². The Bertz CT molecular complexity index is 1290. The number of carbonyl (C=O) groups excluding carboxylic acids is 2. The van der Waals surface area contributed by atoms with Crippen LogP contribution >= 0.6 is 0 Å². The molecular weight excluding hydrogens is 450 g/mol. The highest BCUT2D eigenvalue weighted by atomic mass is 32.2. The van der Waals surface area contributed by atoms with Crippen molar-refractivity contribution in [2.24, 2.45) is 0 Å². The number of carbonyl (C=O) groups is 2. The molecule has 0 saturated carbocycles. The summed E-state index contributed by atoms with van der Waals surface area (Å²) in [5.41, 5.74) is 0.356. The van der Waals surface area contributed by atoms with Gasteiger partial charge in [0, 0.05) is 24.9 Å². The lowest BCUT2D eigenvalue weighted by atomic mass is 10.2. The molecule has 3 aromatic rings. The molecule has 0 atom stereocenters. The largest absolute Gasteiger partial charge is 0.452 e. The maximum Gasteiger partial charge on any atom is 0.338 e. The van der Waals surface area contributed by atoms with Gasteiger partial charge in [0.05, 0.1) is 21.1 Å². The minimum atomic E-state index is -3.94. The molecule has 0 bridgehead atoms. The first-order chi connectivity index (χ1) is 15.7. The van der Waals surface area contributed by atoms with Crippen molar-refractivity contribution in [3.8, 4) is 0 Å². The van der Waals surface area contributed by atoms with Gasteiger partial charge in [-0.15, -0.1) is 0 Å². The minimum absolute atomic E-state index is 0.0549. The number of rotatable bonds is 8. The number of anilines is 2. The van der Waals surface area contributed by atoms with E-state index >= 15 is 0 Å². The Balaban J connectivity index is 1.66. The standard InChI is InChI=1S/C22H19N3O7S/c1-24(18-9-3-2-4-10-18)33(30,31)20-12-5-7-16(13-20)22(27)32-15-21(26)23-17-8-6-11-19(14-17)25(28)29/h2-14H,15H2,1H3,(H,23,26). The van der Waals surface area contributed by atoms with E-state index in [0.29, 0.717) is 5.69 Å². The molecule has 0 aliphatic heterocycles. The molecule has 0 spiro atoms. The SMILES string of the molecule is CN(c1ccccc1)S(=O)(=O)c1cccc(C(=O)OCC(=O)Nc2cccc([N+](=O)[O-])c2)c1. The third-order valence-corrected chi connectivity index (χ3v) is 6.30. The first-order valence-electron chi connectivity index (χ1n) is 9.54. The van der Waals surface area contributed by atoms with Crippen molar-refractivity contribution in [3.63, 3.8) is 0 Å². The molecule has 0 unspecified atom stereocenters. The second-order valence-corrected chi connectivity index (χ2v) is 8.74. The lowest BCUT2D eigenvalue weighted by molar-refractivity contribution is -0.384. The molecule has 0 aromatic heterocycles. The molecule has 10 nitrogen and oxygen atoms in total. The van der Waals surface area contributed by atoms with E-state index in [9.17, 15) is 28.1 Å². The monoisotopic (exact) mass is 469 g/mol. The molecule has 1 amide bonds. The highest BCUT2D eigenvalue weighted by Gasteiger charge is 2.23. The summed E-state index contributed by atoms with van der Waals surface area (Å²) in [5, 5.41) is 13.2. The summed E-state index contributed by atoms with van der Waals surface area (Å²) >= 11 is 0. The van der Waals surface area contributed by atoms with E-state index in [1.807, 2.05) is 0 Å². The number of nitrogens with one attached hydrogen (secondary N) is 1. The van der Waals surface area contributed by atoms with Crippen LogP contribution in [-0.2, 0) is 19.6 Å². The Labute approximate surface area is 189 Å². The first kappa shape index (κ1) is 23.4. The fourth-order valence-electron chi connectivity index (χ4n) is 2.83. The molecule has 11 heteroatoms. The molecule has 0 aliphatic carbocycles. The molecule has 0 radical (unpaired) electrons. The van der Waals surface area contributed by atoms with Gasteiger partial charge in [0.1, 0.15) is 0 Å². The van der Waals surface area contributed by atoms with Gasteiger partial charge < -0.3 is 10.1 Å². The summed E-state index contributed by atoms with van der Waals surface area (Å²) in [5.74, 6) is -1.61. The van der Waals surface area contributed by atoms with Crippen LogP contribution in [0.4, 0.5) is 17.1 Å². The predicted molar refractivity (Wildman–Crippen MR) is 120 cm³/mol. The topological polar surface area (TPSA) is 136 Å². The average Bonchev–Trinajstić information content (AvgIpc) is 2.82. The average molecular weight is 469 g/mol. The number of benzene rings is 3. The Kier molecular flexibility index (Phi) is 7.04. The number of para-hydroxylation sites is 1. The fraction of sp³-hybridized carbons (Fsp3) is 0.0909. The lowest BCUT2D eigenvalue weighted by Crippen LogP contribution is -2.26. The normalized spacial score (nSPS) is 10.8. The van der Waals surface area contributed by atoms with Gasteiger partial charge >= 0.3 is 5.97 Å². The van der Waals surface area contributed by atoms with E-state index in [0.717, 1.165) is 16.4 Å². The number of nitro groups is 1. The summed E-state index contributed by atoms with van der Waals surface area (Å²) < 4.78 is 31.9. The molecule has 3 rings (SSSR count). The van der Waals surface area contributed by atoms with Crippen LogP contribution in [0.3, 0.4) is 0 Å². The molecule has 0 aliphatic rings. The Morgan fingerprint density at radius 3 is 2.39 bits per heavy atom. The first-order valence-corrected chi connectivity index (χ1v) is 11.0. The van der Waals surface area contributed by atoms with E-state index in [-0.39, 0.29) is 21.8 Å². The van der Waals surface area contributed by atoms with Crippen molar-refractivity contribution in [1.82, 2.24) is 0 Å². The van der Waals surface area contributed by atoms with E-state index in [4.69, 9.17) is 4.74 Å². The third kappa shape index (κ3) is 5.71. The molecule has 0 heterocycles. The van der Waals surface area contributed by atoms with Crippen molar-refractivity contribution in [2.45, 2.75) is 4.90 Å². The van der Waals surface area contributed by atoms with Crippen LogP contribution in [0.15, 0.2) is 83.8 Å². The number of hydrogen-bond donors (Lipinski definition) is 1. The number of sulfonamides is 1.